The maximum Gasteiger partial charge on any atom is 0.129 e. The van der Waals surface area contributed by atoms with Gasteiger partial charge < -0.3 is 4.74 Å². The van der Waals surface area contributed by atoms with Gasteiger partial charge in [-0.15, -0.1) is 0 Å². The first-order valence-corrected chi connectivity index (χ1v) is 5.28. The van der Waals surface area contributed by atoms with Gasteiger partial charge in [0, 0.05) is 6.07 Å². The molecule has 0 spiro atoms. The van der Waals surface area contributed by atoms with Crippen molar-refractivity contribution in [3.05, 3.63) is 65.2 Å². The van der Waals surface area contributed by atoms with Crippen molar-refractivity contribution in [3.8, 4) is 5.75 Å². The molecule has 0 aromatic heterocycles. The minimum atomic E-state index is -0.304. The second-order valence-corrected chi connectivity index (χ2v) is 3.83. The van der Waals surface area contributed by atoms with Crippen LogP contribution in [0.4, 0.5) is 8.78 Å². The van der Waals surface area contributed by atoms with Crippen LogP contribution in [-0.4, -0.2) is 0 Å². The minimum absolute atomic E-state index is 0.222. The molecule has 0 saturated heterocycles. The number of hydrogen-bond acceptors (Lipinski definition) is 1. The van der Waals surface area contributed by atoms with E-state index in [1.165, 1.54) is 18.2 Å². The topological polar surface area (TPSA) is 9.23 Å². The molecule has 0 saturated carbocycles. The number of halogens is 2. The Kier molecular flexibility index (Phi) is 3.38. The van der Waals surface area contributed by atoms with E-state index >= 15 is 0 Å². The van der Waals surface area contributed by atoms with Gasteiger partial charge in [-0.05, 0) is 36.2 Å². The number of rotatable bonds is 3. The Morgan fingerprint density at radius 3 is 2.59 bits per heavy atom. The molecule has 1 nitrogen and oxygen atoms in total. The van der Waals surface area contributed by atoms with Crippen molar-refractivity contribution in [1.82, 2.24) is 0 Å². The van der Waals surface area contributed by atoms with Gasteiger partial charge in [0.1, 0.15) is 24.0 Å². The molecule has 0 heterocycles. The first kappa shape index (κ1) is 11.6. The lowest BCUT2D eigenvalue weighted by molar-refractivity contribution is 0.304. The monoisotopic (exact) mass is 234 g/mol. The number of ether oxygens (including phenoxy) is 1. The highest BCUT2D eigenvalue weighted by molar-refractivity contribution is 5.28. The molecule has 0 N–H and O–H groups in total. The van der Waals surface area contributed by atoms with Gasteiger partial charge in [-0.25, -0.2) is 8.78 Å². The average Bonchev–Trinajstić information content (AvgIpc) is 2.31. The van der Waals surface area contributed by atoms with Gasteiger partial charge in [0.2, 0.25) is 0 Å². The SMILES string of the molecule is Cc1ccc(OCc2cccc(F)c2)cc1F. The van der Waals surface area contributed by atoms with Crippen LogP contribution in [0.5, 0.6) is 5.75 Å². The highest BCUT2D eigenvalue weighted by Crippen LogP contribution is 2.17. The van der Waals surface area contributed by atoms with Gasteiger partial charge in [-0.1, -0.05) is 18.2 Å². The summed E-state index contributed by atoms with van der Waals surface area (Å²) in [6.07, 6.45) is 0. The van der Waals surface area contributed by atoms with Crippen LogP contribution >= 0.6 is 0 Å². The van der Waals surface area contributed by atoms with E-state index in [1.807, 2.05) is 0 Å². The standard InChI is InChI=1S/C14H12F2O/c1-10-5-6-13(8-14(10)16)17-9-11-3-2-4-12(15)7-11/h2-8H,9H2,1H3. The largest absolute Gasteiger partial charge is 0.489 e. The summed E-state index contributed by atoms with van der Waals surface area (Å²) in [5.41, 5.74) is 1.29. The van der Waals surface area contributed by atoms with Crippen molar-refractivity contribution >= 4 is 0 Å². The van der Waals surface area contributed by atoms with E-state index in [1.54, 1.807) is 31.2 Å². The molecule has 2 aromatic rings. The molecule has 0 unspecified atom stereocenters. The molecule has 0 aliphatic carbocycles. The zero-order chi connectivity index (χ0) is 12.3. The summed E-state index contributed by atoms with van der Waals surface area (Å²) < 4.78 is 31.5. The second-order valence-electron chi connectivity index (χ2n) is 3.83. The molecule has 0 aliphatic heterocycles. The lowest BCUT2D eigenvalue weighted by Crippen LogP contribution is -1.96. The van der Waals surface area contributed by atoms with E-state index in [9.17, 15) is 8.78 Å². The van der Waals surface area contributed by atoms with E-state index in [0.717, 1.165) is 0 Å². The van der Waals surface area contributed by atoms with Crippen molar-refractivity contribution in [2.45, 2.75) is 13.5 Å². The summed E-state index contributed by atoms with van der Waals surface area (Å²) in [6.45, 7) is 1.91. The van der Waals surface area contributed by atoms with E-state index in [-0.39, 0.29) is 18.2 Å². The van der Waals surface area contributed by atoms with Crippen LogP contribution in [0.15, 0.2) is 42.5 Å². The molecule has 0 amide bonds. The van der Waals surface area contributed by atoms with Crippen molar-refractivity contribution in [3.63, 3.8) is 0 Å². The number of hydrogen-bond donors (Lipinski definition) is 0. The van der Waals surface area contributed by atoms with Crippen LogP contribution in [0.3, 0.4) is 0 Å². The third-order valence-electron chi connectivity index (χ3n) is 2.44. The Balaban J connectivity index is 2.05. The normalized spacial score (nSPS) is 10.3. The Labute approximate surface area is 98.7 Å². The second kappa shape index (κ2) is 4.95. The van der Waals surface area contributed by atoms with Gasteiger partial charge in [0.15, 0.2) is 0 Å². The minimum Gasteiger partial charge on any atom is -0.489 e. The Morgan fingerprint density at radius 1 is 1.06 bits per heavy atom. The highest BCUT2D eigenvalue weighted by Gasteiger charge is 2.01. The zero-order valence-electron chi connectivity index (χ0n) is 9.41. The van der Waals surface area contributed by atoms with Crippen LogP contribution in [0, 0.1) is 18.6 Å². The maximum atomic E-state index is 13.2. The summed E-state index contributed by atoms with van der Waals surface area (Å²) in [5.74, 6) is -0.166. The molecule has 17 heavy (non-hydrogen) atoms. The third kappa shape index (κ3) is 3.03. The first-order chi connectivity index (χ1) is 8.15. The fourth-order valence-electron chi connectivity index (χ4n) is 1.46. The third-order valence-corrected chi connectivity index (χ3v) is 2.44. The quantitative estimate of drug-likeness (QED) is 0.783. The number of benzene rings is 2. The van der Waals surface area contributed by atoms with Gasteiger partial charge in [0.05, 0.1) is 0 Å². The summed E-state index contributed by atoms with van der Waals surface area (Å²) in [5, 5.41) is 0. The summed E-state index contributed by atoms with van der Waals surface area (Å²) in [7, 11) is 0. The van der Waals surface area contributed by atoms with Gasteiger partial charge in [-0.3, -0.25) is 0 Å². The molecular weight excluding hydrogens is 222 g/mol. The maximum absolute atomic E-state index is 13.2. The molecule has 3 heteroatoms. The van der Waals surface area contributed by atoms with Gasteiger partial charge >= 0.3 is 0 Å². The summed E-state index contributed by atoms with van der Waals surface area (Å²) >= 11 is 0. The Hall–Kier alpha value is -1.90. The molecule has 0 fully saturated rings. The molecular formula is C14H12F2O. The molecule has 0 radical (unpaired) electrons. The molecule has 0 aliphatic rings. The van der Waals surface area contributed by atoms with Gasteiger partial charge in [-0.2, -0.15) is 0 Å². The van der Waals surface area contributed by atoms with Crippen LogP contribution in [0.2, 0.25) is 0 Å². The van der Waals surface area contributed by atoms with Crippen LogP contribution < -0.4 is 4.74 Å². The molecule has 2 aromatic carbocycles. The lowest BCUT2D eigenvalue weighted by Gasteiger charge is -2.07. The predicted octanol–water partition coefficient (Wildman–Crippen LogP) is 3.85. The Bertz CT molecular complexity index is 523. The van der Waals surface area contributed by atoms with E-state index in [4.69, 9.17) is 4.74 Å². The van der Waals surface area contributed by atoms with Gasteiger partial charge in [0.25, 0.3) is 0 Å². The smallest absolute Gasteiger partial charge is 0.129 e. The van der Waals surface area contributed by atoms with Crippen molar-refractivity contribution in [2.75, 3.05) is 0 Å². The summed E-state index contributed by atoms with van der Waals surface area (Å²) in [6, 6.07) is 10.8. The fourth-order valence-corrected chi connectivity index (χ4v) is 1.46. The fraction of sp³-hybridized carbons (Fsp3) is 0.143. The molecule has 0 bridgehead atoms. The predicted molar refractivity (Wildman–Crippen MR) is 61.9 cm³/mol. The lowest BCUT2D eigenvalue weighted by atomic mass is 10.2. The van der Waals surface area contributed by atoms with E-state index in [0.29, 0.717) is 16.9 Å². The molecule has 88 valence electrons. The molecule has 2 rings (SSSR count). The van der Waals surface area contributed by atoms with Crippen molar-refractivity contribution in [1.29, 1.82) is 0 Å². The average molecular weight is 234 g/mol. The zero-order valence-corrected chi connectivity index (χ0v) is 9.41. The summed E-state index contributed by atoms with van der Waals surface area (Å²) in [4.78, 5) is 0. The van der Waals surface area contributed by atoms with Crippen molar-refractivity contribution in [2.24, 2.45) is 0 Å². The van der Waals surface area contributed by atoms with E-state index < -0.39 is 0 Å². The Morgan fingerprint density at radius 2 is 1.88 bits per heavy atom. The highest BCUT2D eigenvalue weighted by atomic mass is 19.1. The van der Waals surface area contributed by atoms with Crippen molar-refractivity contribution < 1.29 is 13.5 Å². The van der Waals surface area contributed by atoms with Crippen LogP contribution in [0.25, 0.3) is 0 Å². The van der Waals surface area contributed by atoms with Crippen LogP contribution in [0.1, 0.15) is 11.1 Å². The number of aryl methyl sites for hydroxylation is 1. The molecule has 0 atom stereocenters. The first-order valence-electron chi connectivity index (χ1n) is 5.28. The van der Waals surface area contributed by atoms with E-state index in [2.05, 4.69) is 0 Å². The van der Waals surface area contributed by atoms with Crippen LogP contribution in [-0.2, 0) is 6.61 Å².